The number of unbranched alkanes of at least 4 members (excludes halogenated alkanes) is 1. The molecule has 3 heteroatoms. The Kier molecular flexibility index (Phi) is 6.01. The van der Waals surface area contributed by atoms with E-state index in [9.17, 15) is 5.11 Å². The minimum absolute atomic E-state index is 0.462. The van der Waals surface area contributed by atoms with Gasteiger partial charge in [-0.15, -0.1) is 0 Å². The van der Waals surface area contributed by atoms with Crippen LogP contribution in [0.15, 0.2) is 18.6 Å². The SMILES string of the molecule is CCCCC(CC)CC(O)c1cnccn1. The van der Waals surface area contributed by atoms with E-state index in [1.54, 1.807) is 18.6 Å². The van der Waals surface area contributed by atoms with Gasteiger partial charge in [-0.05, 0) is 12.3 Å². The van der Waals surface area contributed by atoms with Crippen molar-refractivity contribution in [3.8, 4) is 0 Å². The van der Waals surface area contributed by atoms with Crippen molar-refractivity contribution in [3.05, 3.63) is 24.3 Å². The van der Waals surface area contributed by atoms with Gasteiger partial charge in [0.15, 0.2) is 0 Å². The van der Waals surface area contributed by atoms with Gasteiger partial charge in [-0.3, -0.25) is 9.97 Å². The van der Waals surface area contributed by atoms with Gasteiger partial charge in [-0.2, -0.15) is 0 Å². The summed E-state index contributed by atoms with van der Waals surface area (Å²) in [5.74, 6) is 0.594. The lowest BCUT2D eigenvalue weighted by molar-refractivity contribution is 0.134. The van der Waals surface area contributed by atoms with Crippen molar-refractivity contribution in [2.24, 2.45) is 5.92 Å². The molecule has 0 saturated carbocycles. The quantitative estimate of drug-likeness (QED) is 0.771. The molecule has 0 spiro atoms. The lowest BCUT2D eigenvalue weighted by Gasteiger charge is -2.18. The fourth-order valence-corrected chi connectivity index (χ4v) is 1.90. The zero-order chi connectivity index (χ0) is 11.8. The molecule has 2 unspecified atom stereocenters. The molecule has 0 aromatic carbocycles. The summed E-state index contributed by atoms with van der Waals surface area (Å²) in [6, 6.07) is 0. The van der Waals surface area contributed by atoms with Gasteiger partial charge in [0.25, 0.3) is 0 Å². The normalized spacial score (nSPS) is 14.7. The zero-order valence-electron chi connectivity index (χ0n) is 10.3. The third-order valence-corrected chi connectivity index (χ3v) is 3.02. The highest BCUT2D eigenvalue weighted by atomic mass is 16.3. The maximum absolute atomic E-state index is 10.0. The molecule has 0 fully saturated rings. The van der Waals surface area contributed by atoms with Crippen LogP contribution in [0, 0.1) is 5.92 Å². The van der Waals surface area contributed by atoms with E-state index >= 15 is 0 Å². The molecule has 0 bridgehead atoms. The third-order valence-electron chi connectivity index (χ3n) is 3.02. The van der Waals surface area contributed by atoms with Crippen LogP contribution in [-0.4, -0.2) is 15.1 Å². The number of hydrogen-bond acceptors (Lipinski definition) is 3. The Balaban J connectivity index is 2.45. The summed E-state index contributed by atoms with van der Waals surface area (Å²) in [4.78, 5) is 8.11. The van der Waals surface area contributed by atoms with Crippen LogP contribution in [0.5, 0.6) is 0 Å². The molecule has 1 aromatic rings. The molecule has 1 N–H and O–H groups in total. The molecule has 0 amide bonds. The highest BCUT2D eigenvalue weighted by molar-refractivity contribution is 4.99. The van der Waals surface area contributed by atoms with Gasteiger partial charge in [-0.25, -0.2) is 0 Å². The summed E-state index contributed by atoms with van der Waals surface area (Å²) >= 11 is 0. The van der Waals surface area contributed by atoms with Gasteiger partial charge >= 0.3 is 0 Å². The van der Waals surface area contributed by atoms with Crippen molar-refractivity contribution in [2.45, 2.75) is 52.1 Å². The van der Waals surface area contributed by atoms with E-state index in [-0.39, 0.29) is 0 Å². The van der Waals surface area contributed by atoms with Crippen LogP contribution in [-0.2, 0) is 0 Å². The second kappa shape index (κ2) is 7.34. The number of hydrogen-bond donors (Lipinski definition) is 1. The van der Waals surface area contributed by atoms with Crippen LogP contribution < -0.4 is 0 Å². The van der Waals surface area contributed by atoms with E-state index in [4.69, 9.17) is 0 Å². The molecule has 0 aliphatic rings. The molecule has 1 aromatic heterocycles. The molecule has 1 heterocycles. The molecule has 0 saturated heterocycles. The summed E-state index contributed by atoms with van der Waals surface area (Å²) in [6.07, 6.45) is 10.0. The van der Waals surface area contributed by atoms with Crippen LogP contribution in [0.3, 0.4) is 0 Å². The fraction of sp³-hybridized carbons (Fsp3) is 0.692. The monoisotopic (exact) mass is 222 g/mol. The van der Waals surface area contributed by atoms with Gasteiger partial charge in [0.1, 0.15) is 0 Å². The second-order valence-electron chi connectivity index (χ2n) is 4.30. The van der Waals surface area contributed by atoms with Crippen molar-refractivity contribution in [2.75, 3.05) is 0 Å². The third kappa shape index (κ3) is 4.27. The number of nitrogens with zero attached hydrogens (tertiary/aromatic N) is 2. The Labute approximate surface area is 97.9 Å². The van der Waals surface area contributed by atoms with E-state index in [1.807, 2.05) is 0 Å². The molecule has 0 radical (unpaired) electrons. The molecule has 90 valence electrons. The van der Waals surface area contributed by atoms with E-state index in [1.165, 1.54) is 19.3 Å². The minimum atomic E-state index is -0.462. The van der Waals surface area contributed by atoms with Crippen LogP contribution in [0.2, 0.25) is 0 Å². The van der Waals surface area contributed by atoms with Gasteiger partial charge in [0.05, 0.1) is 18.0 Å². The van der Waals surface area contributed by atoms with Gasteiger partial charge in [-0.1, -0.05) is 39.5 Å². The maximum Gasteiger partial charge on any atom is 0.0978 e. The van der Waals surface area contributed by atoms with E-state index in [2.05, 4.69) is 23.8 Å². The summed E-state index contributed by atoms with van der Waals surface area (Å²) in [7, 11) is 0. The molecular formula is C13H22N2O. The molecule has 0 aliphatic heterocycles. The van der Waals surface area contributed by atoms with Crippen molar-refractivity contribution in [3.63, 3.8) is 0 Å². The number of rotatable bonds is 7. The van der Waals surface area contributed by atoms with E-state index in [0.717, 1.165) is 12.8 Å². The Morgan fingerprint density at radius 1 is 1.31 bits per heavy atom. The Hall–Kier alpha value is -0.960. The minimum Gasteiger partial charge on any atom is -0.387 e. The smallest absolute Gasteiger partial charge is 0.0978 e. The largest absolute Gasteiger partial charge is 0.387 e. The lowest BCUT2D eigenvalue weighted by Crippen LogP contribution is -2.08. The first kappa shape index (κ1) is 13.1. The number of aliphatic hydroxyl groups excluding tert-OH is 1. The first-order valence-electron chi connectivity index (χ1n) is 6.21. The van der Waals surface area contributed by atoms with Gasteiger partial charge in [0.2, 0.25) is 0 Å². The molecule has 16 heavy (non-hydrogen) atoms. The average molecular weight is 222 g/mol. The Morgan fingerprint density at radius 2 is 2.12 bits per heavy atom. The summed E-state index contributed by atoms with van der Waals surface area (Å²) in [5.41, 5.74) is 0.692. The second-order valence-corrected chi connectivity index (χ2v) is 4.30. The zero-order valence-corrected chi connectivity index (χ0v) is 10.3. The van der Waals surface area contributed by atoms with Crippen LogP contribution in [0.25, 0.3) is 0 Å². The molecule has 3 nitrogen and oxygen atoms in total. The number of aliphatic hydroxyl groups is 1. The predicted octanol–water partition coefficient (Wildman–Crippen LogP) is 3.12. The first-order chi connectivity index (χ1) is 7.77. The standard InChI is InChI=1S/C13H22N2O/c1-3-5-6-11(4-2)9-13(16)12-10-14-7-8-15-12/h7-8,10-11,13,16H,3-6,9H2,1-2H3. The Morgan fingerprint density at radius 3 is 2.69 bits per heavy atom. The van der Waals surface area contributed by atoms with Crippen molar-refractivity contribution in [1.29, 1.82) is 0 Å². The van der Waals surface area contributed by atoms with E-state index in [0.29, 0.717) is 11.6 Å². The maximum atomic E-state index is 10.0. The summed E-state index contributed by atoms with van der Waals surface area (Å²) < 4.78 is 0. The van der Waals surface area contributed by atoms with Crippen molar-refractivity contribution >= 4 is 0 Å². The van der Waals surface area contributed by atoms with E-state index < -0.39 is 6.10 Å². The van der Waals surface area contributed by atoms with Gasteiger partial charge in [0, 0.05) is 12.4 Å². The topological polar surface area (TPSA) is 46.0 Å². The number of aromatic nitrogens is 2. The Bertz CT molecular complexity index is 277. The highest BCUT2D eigenvalue weighted by Gasteiger charge is 2.15. The van der Waals surface area contributed by atoms with Crippen LogP contribution >= 0.6 is 0 Å². The highest BCUT2D eigenvalue weighted by Crippen LogP contribution is 2.24. The molecule has 0 aliphatic carbocycles. The molecule has 2 atom stereocenters. The average Bonchev–Trinajstić information content (AvgIpc) is 2.35. The first-order valence-corrected chi connectivity index (χ1v) is 6.21. The van der Waals surface area contributed by atoms with Crippen LogP contribution in [0.1, 0.15) is 57.7 Å². The van der Waals surface area contributed by atoms with Crippen LogP contribution in [0.4, 0.5) is 0 Å². The summed E-state index contributed by atoms with van der Waals surface area (Å²) in [6.45, 7) is 4.38. The molecule has 1 rings (SSSR count). The predicted molar refractivity (Wildman–Crippen MR) is 64.9 cm³/mol. The summed E-state index contributed by atoms with van der Waals surface area (Å²) in [5, 5.41) is 10.0. The molecular weight excluding hydrogens is 200 g/mol. The lowest BCUT2D eigenvalue weighted by atomic mass is 9.92. The fourth-order valence-electron chi connectivity index (χ4n) is 1.90. The van der Waals surface area contributed by atoms with Crippen molar-refractivity contribution in [1.82, 2.24) is 9.97 Å². The van der Waals surface area contributed by atoms with Gasteiger partial charge < -0.3 is 5.11 Å². The van der Waals surface area contributed by atoms with Crippen molar-refractivity contribution < 1.29 is 5.11 Å².